The largest absolute Gasteiger partial charge is 0.466 e. The van der Waals surface area contributed by atoms with Gasteiger partial charge in [0.15, 0.2) is 0 Å². The van der Waals surface area contributed by atoms with Gasteiger partial charge in [0.05, 0.1) is 25.9 Å². The quantitative estimate of drug-likeness (QED) is 0.531. The lowest BCUT2D eigenvalue weighted by atomic mass is 9.81. The zero-order valence-electron chi connectivity index (χ0n) is 19.2. The molecule has 1 saturated heterocycles. The van der Waals surface area contributed by atoms with Crippen LogP contribution in [0.15, 0.2) is 70.9 Å². The molecule has 1 spiro atoms. The van der Waals surface area contributed by atoms with E-state index in [-0.39, 0.29) is 5.82 Å². The molecule has 33 heavy (non-hydrogen) atoms. The first kappa shape index (κ1) is 23.1. The summed E-state index contributed by atoms with van der Waals surface area (Å²) >= 11 is 0. The Balaban J connectivity index is 1.86. The fraction of sp³-hybridized carbons (Fsp3) is 0.385. The number of nitrogens with zero attached hydrogens (tertiary/aromatic N) is 2. The molecule has 1 fully saturated rings. The summed E-state index contributed by atoms with van der Waals surface area (Å²) in [6, 6.07) is 5.00. The first-order valence-corrected chi connectivity index (χ1v) is 11.3. The Hall–Kier alpha value is -3.03. The highest BCUT2D eigenvalue weighted by Crippen LogP contribution is 2.49. The number of hydrogen-bond acceptors (Lipinski definition) is 6. The van der Waals surface area contributed by atoms with Crippen molar-refractivity contribution in [3.63, 3.8) is 0 Å². The van der Waals surface area contributed by atoms with Gasteiger partial charge in [-0.05, 0) is 37.0 Å². The summed E-state index contributed by atoms with van der Waals surface area (Å²) in [6.45, 7) is 9.42. The molecule has 1 aromatic carbocycles. The van der Waals surface area contributed by atoms with E-state index in [0.29, 0.717) is 66.4 Å². The van der Waals surface area contributed by atoms with Crippen LogP contribution in [0, 0.1) is 5.82 Å². The number of carbonyl (C=O) groups is 1. The minimum atomic E-state index is -1.02. The van der Waals surface area contributed by atoms with Gasteiger partial charge in [0.2, 0.25) is 0 Å². The van der Waals surface area contributed by atoms with E-state index in [2.05, 4.69) is 16.8 Å². The van der Waals surface area contributed by atoms with Gasteiger partial charge in [0, 0.05) is 30.9 Å². The lowest BCUT2D eigenvalue weighted by Crippen LogP contribution is -2.47. The zero-order valence-corrected chi connectivity index (χ0v) is 19.2. The Morgan fingerprint density at radius 1 is 1.36 bits per heavy atom. The van der Waals surface area contributed by atoms with Crippen LogP contribution in [0.3, 0.4) is 0 Å². The fourth-order valence-corrected chi connectivity index (χ4v) is 4.76. The highest BCUT2D eigenvalue weighted by molar-refractivity contribution is 6.05. The van der Waals surface area contributed by atoms with Crippen LogP contribution in [0.1, 0.15) is 24.5 Å². The molecule has 1 aromatic rings. The minimum absolute atomic E-state index is 0.273. The number of amidine groups is 1. The van der Waals surface area contributed by atoms with Crippen LogP contribution in [0.2, 0.25) is 0 Å². The van der Waals surface area contributed by atoms with Crippen LogP contribution in [-0.4, -0.2) is 56.7 Å². The number of carbonyl (C=O) groups excluding carboxylic acids is 1. The molecule has 2 heterocycles. The van der Waals surface area contributed by atoms with E-state index in [4.69, 9.17) is 14.5 Å². The minimum Gasteiger partial charge on any atom is -0.466 e. The molecule has 7 heteroatoms. The molecule has 1 aliphatic carbocycles. The molecular weight excluding hydrogens is 421 g/mol. The third-order valence-corrected chi connectivity index (χ3v) is 6.37. The van der Waals surface area contributed by atoms with Crippen LogP contribution < -0.4 is 5.32 Å². The van der Waals surface area contributed by atoms with E-state index in [1.165, 1.54) is 13.2 Å². The summed E-state index contributed by atoms with van der Waals surface area (Å²) in [6.07, 6.45) is 8.58. The van der Waals surface area contributed by atoms with E-state index in [1.54, 1.807) is 6.07 Å². The number of fused-ring (bicyclic) bond motifs is 2. The summed E-state index contributed by atoms with van der Waals surface area (Å²) in [5, 5.41) is 3.37. The van der Waals surface area contributed by atoms with Gasteiger partial charge >= 0.3 is 5.97 Å². The van der Waals surface area contributed by atoms with E-state index in [9.17, 15) is 9.18 Å². The molecule has 1 atom stereocenters. The Morgan fingerprint density at radius 3 is 2.88 bits per heavy atom. The Morgan fingerprint density at radius 2 is 2.15 bits per heavy atom. The molecule has 0 bridgehead atoms. The van der Waals surface area contributed by atoms with E-state index in [0.717, 1.165) is 13.1 Å². The van der Waals surface area contributed by atoms with Crippen molar-refractivity contribution in [1.29, 1.82) is 0 Å². The van der Waals surface area contributed by atoms with Gasteiger partial charge in [-0.15, -0.1) is 0 Å². The summed E-state index contributed by atoms with van der Waals surface area (Å²) in [7, 11) is 1.37. The highest BCUT2D eigenvalue weighted by atomic mass is 19.1. The maximum absolute atomic E-state index is 14.7. The van der Waals surface area contributed by atoms with Crippen LogP contribution in [0.25, 0.3) is 0 Å². The number of ether oxygens (including phenoxy) is 2. The van der Waals surface area contributed by atoms with Gasteiger partial charge in [0.1, 0.15) is 17.2 Å². The SMILES string of the molecule is C=C(C=CC=CC)C1=NC2(CCc3c(F)cccc32)C(C(=O)OC)=C(CN2CCOCC2)N1. The predicted molar refractivity (Wildman–Crippen MR) is 126 cm³/mol. The topological polar surface area (TPSA) is 63.2 Å². The van der Waals surface area contributed by atoms with Gasteiger partial charge in [-0.2, -0.15) is 0 Å². The molecular formula is C26H30FN3O3. The van der Waals surface area contributed by atoms with Crippen molar-refractivity contribution in [1.82, 2.24) is 10.2 Å². The Bertz CT molecular complexity index is 1070. The second-order valence-electron chi connectivity index (χ2n) is 8.36. The number of esters is 1. The van der Waals surface area contributed by atoms with Crippen molar-refractivity contribution < 1.29 is 18.7 Å². The van der Waals surface area contributed by atoms with Crippen LogP contribution in [0.5, 0.6) is 0 Å². The molecule has 6 nitrogen and oxygen atoms in total. The van der Waals surface area contributed by atoms with E-state index in [1.807, 2.05) is 37.3 Å². The number of methoxy groups -OCH3 is 1. The number of benzene rings is 1. The van der Waals surface area contributed by atoms with Crippen LogP contribution in [0.4, 0.5) is 4.39 Å². The lowest BCUT2D eigenvalue weighted by Gasteiger charge is -2.37. The summed E-state index contributed by atoms with van der Waals surface area (Å²) in [5.74, 6) is -0.157. The number of rotatable bonds is 6. The average Bonchev–Trinajstić information content (AvgIpc) is 3.18. The molecule has 4 rings (SSSR count). The first-order valence-electron chi connectivity index (χ1n) is 11.3. The second kappa shape index (κ2) is 9.85. The lowest BCUT2D eigenvalue weighted by molar-refractivity contribution is -0.137. The molecule has 0 radical (unpaired) electrons. The van der Waals surface area contributed by atoms with Crippen molar-refractivity contribution in [2.45, 2.75) is 25.3 Å². The molecule has 0 amide bonds. The zero-order chi connectivity index (χ0) is 23.4. The molecule has 0 saturated carbocycles. The van der Waals surface area contributed by atoms with Gasteiger partial charge in [-0.25, -0.2) is 9.18 Å². The van der Waals surface area contributed by atoms with Gasteiger partial charge in [0.25, 0.3) is 0 Å². The fourth-order valence-electron chi connectivity index (χ4n) is 4.76. The van der Waals surface area contributed by atoms with E-state index < -0.39 is 11.5 Å². The van der Waals surface area contributed by atoms with E-state index >= 15 is 0 Å². The monoisotopic (exact) mass is 451 g/mol. The smallest absolute Gasteiger partial charge is 0.338 e. The molecule has 2 aliphatic heterocycles. The third-order valence-electron chi connectivity index (χ3n) is 6.37. The van der Waals surface area contributed by atoms with Gasteiger partial charge < -0.3 is 14.8 Å². The molecule has 0 aromatic heterocycles. The maximum Gasteiger partial charge on any atom is 0.338 e. The molecule has 3 aliphatic rings. The van der Waals surface area contributed by atoms with Crippen molar-refractivity contribution in [2.24, 2.45) is 4.99 Å². The number of hydrogen-bond donors (Lipinski definition) is 1. The third kappa shape index (κ3) is 4.43. The maximum atomic E-state index is 14.7. The number of allylic oxidation sites excluding steroid dienone is 3. The predicted octanol–water partition coefficient (Wildman–Crippen LogP) is 3.42. The first-order chi connectivity index (χ1) is 16.0. The summed E-state index contributed by atoms with van der Waals surface area (Å²) in [5.41, 5.74) is 2.13. The summed E-state index contributed by atoms with van der Waals surface area (Å²) in [4.78, 5) is 20.4. The molecule has 1 unspecified atom stereocenters. The van der Waals surface area contributed by atoms with Crippen molar-refractivity contribution in [2.75, 3.05) is 40.0 Å². The van der Waals surface area contributed by atoms with Gasteiger partial charge in [-0.3, -0.25) is 9.89 Å². The van der Waals surface area contributed by atoms with Gasteiger partial charge in [-0.1, -0.05) is 43.0 Å². The normalized spacial score (nSPS) is 23.2. The number of nitrogens with one attached hydrogen (secondary N) is 1. The van der Waals surface area contributed by atoms with Crippen molar-refractivity contribution >= 4 is 11.8 Å². The van der Waals surface area contributed by atoms with Crippen molar-refractivity contribution in [3.8, 4) is 0 Å². The van der Waals surface area contributed by atoms with Crippen LogP contribution >= 0.6 is 0 Å². The Labute approximate surface area is 194 Å². The Kier molecular flexibility index (Phi) is 6.91. The average molecular weight is 452 g/mol. The highest BCUT2D eigenvalue weighted by Gasteiger charge is 2.50. The van der Waals surface area contributed by atoms with Crippen molar-refractivity contribution in [3.05, 3.63) is 82.9 Å². The number of halogens is 1. The second-order valence-corrected chi connectivity index (χ2v) is 8.36. The summed E-state index contributed by atoms with van der Waals surface area (Å²) < 4.78 is 25.4. The van der Waals surface area contributed by atoms with Crippen LogP contribution in [-0.2, 0) is 26.2 Å². The molecule has 174 valence electrons. The number of aliphatic imine (C=N–C) groups is 1. The molecule has 1 N–H and O–H groups in total. The standard InChI is InChI=1S/C26H30FN3O3/c1-4-5-6-8-18(2)24-28-22(17-30-13-15-33-16-14-30)23(25(31)32-3)26(29-24)12-11-19-20(26)9-7-10-21(19)27/h4-10H,2,11-17H2,1,3H3,(H,28,29). The number of morpholine rings is 1.